The molecule has 0 saturated carbocycles. The molecule has 1 heterocycles. The van der Waals surface area contributed by atoms with E-state index in [4.69, 9.17) is 14.4 Å². The molecule has 7 nitrogen and oxygen atoms in total. The smallest absolute Gasteiger partial charge is 0.325 e. The maximum absolute atomic E-state index is 11.7. The van der Waals surface area contributed by atoms with Gasteiger partial charge < -0.3 is 19.7 Å². The van der Waals surface area contributed by atoms with Gasteiger partial charge in [0.15, 0.2) is 0 Å². The van der Waals surface area contributed by atoms with Gasteiger partial charge in [-0.05, 0) is 37.6 Å². The summed E-state index contributed by atoms with van der Waals surface area (Å²) in [4.78, 5) is 22.5. The summed E-state index contributed by atoms with van der Waals surface area (Å²) in [7, 11) is 0. The standard InChI is InChI=1S/C23H22N2O5/c1-15(23(27)28)24-21(26)13-10-17-8-11-19(12-9-17)29-14-20-16(2)30-25-22(20)18-6-4-3-5-7-18/h3-13,15H,14H2,1-2H3,(H,24,26)(H,27,28)/b13-10+. The molecule has 1 aromatic heterocycles. The molecular weight excluding hydrogens is 384 g/mol. The number of nitrogens with zero attached hydrogens (tertiary/aromatic N) is 1. The predicted molar refractivity (Wildman–Crippen MR) is 112 cm³/mol. The second-order valence-corrected chi connectivity index (χ2v) is 6.69. The first kappa shape index (κ1) is 20.9. The van der Waals surface area contributed by atoms with E-state index in [1.165, 1.54) is 13.0 Å². The van der Waals surface area contributed by atoms with Crippen molar-refractivity contribution in [3.63, 3.8) is 0 Å². The SMILES string of the molecule is Cc1onc(-c2ccccc2)c1COc1ccc(/C=C/C(=O)NC(C)C(=O)O)cc1. The fourth-order valence-corrected chi connectivity index (χ4v) is 2.71. The summed E-state index contributed by atoms with van der Waals surface area (Å²) in [5, 5.41) is 15.3. The van der Waals surface area contributed by atoms with Crippen LogP contribution >= 0.6 is 0 Å². The summed E-state index contributed by atoms with van der Waals surface area (Å²) in [6.45, 7) is 3.56. The fourth-order valence-electron chi connectivity index (χ4n) is 2.71. The van der Waals surface area contributed by atoms with Crippen LogP contribution in [0.1, 0.15) is 23.8 Å². The molecule has 3 aromatic rings. The zero-order valence-corrected chi connectivity index (χ0v) is 16.7. The number of carbonyl (C=O) groups excluding carboxylic acids is 1. The molecule has 0 saturated heterocycles. The summed E-state index contributed by atoms with van der Waals surface area (Å²) >= 11 is 0. The van der Waals surface area contributed by atoms with E-state index < -0.39 is 17.9 Å². The molecule has 7 heteroatoms. The molecule has 2 aromatic carbocycles. The monoisotopic (exact) mass is 406 g/mol. The van der Waals surface area contributed by atoms with Gasteiger partial charge in [-0.3, -0.25) is 9.59 Å². The van der Waals surface area contributed by atoms with Gasteiger partial charge in [-0.15, -0.1) is 0 Å². The Bertz CT molecular complexity index is 1040. The van der Waals surface area contributed by atoms with Crippen molar-refractivity contribution in [3.05, 3.63) is 77.6 Å². The molecule has 3 rings (SSSR count). The number of aryl methyl sites for hydroxylation is 1. The van der Waals surface area contributed by atoms with E-state index in [-0.39, 0.29) is 0 Å². The van der Waals surface area contributed by atoms with Crippen molar-refractivity contribution >= 4 is 18.0 Å². The summed E-state index contributed by atoms with van der Waals surface area (Å²) < 4.78 is 11.2. The second kappa shape index (κ2) is 9.56. The number of amides is 1. The zero-order valence-electron chi connectivity index (χ0n) is 16.7. The molecule has 30 heavy (non-hydrogen) atoms. The van der Waals surface area contributed by atoms with Gasteiger partial charge in [0.2, 0.25) is 5.91 Å². The summed E-state index contributed by atoms with van der Waals surface area (Å²) in [6.07, 6.45) is 2.90. The number of carboxylic acid groups (broad SMARTS) is 1. The predicted octanol–water partition coefficient (Wildman–Crippen LogP) is 3.83. The van der Waals surface area contributed by atoms with E-state index >= 15 is 0 Å². The zero-order chi connectivity index (χ0) is 21.5. The number of aromatic nitrogens is 1. The lowest BCUT2D eigenvalue weighted by Gasteiger charge is -2.07. The fraction of sp³-hybridized carbons (Fsp3) is 0.174. The van der Waals surface area contributed by atoms with Gasteiger partial charge in [-0.25, -0.2) is 0 Å². The Hall–Kier alpha value is -3.87. The normalized spacial score (nSPS) is 11.9. The molecule has 0 aliphatic heterocycles. The number of rotatable bonds is 8. The number of hydrogen-bond donors (Lipinski definition) is 2. The van der Waals surface area contributed by atoms with Gasteiger partial charge in [-0.2, -0.15) is 0 Å². The minimum absolute atomic E-state index is 0.310. The molecule has 1 amide bonds. The molecule has 0 radical (unpaired) electrons. The third kappa shape index (κ3) is 5.35. The number of hydrogen-bond acceptors (Lipinski definition) is 5. The van der Waals surface area contributed by atoms with Crippen LogP contribution in [0.5, 0.6) is 5.75 Å². The van der Waals surface area contributed by atoms with Crippen molar-refractivity contribution in [1.82, 2.24) is 10.5 Å². The van der Waals surface area contributed by atoms with Gasteiger partial charge in [0.05, 0.1) is 5.56 Å². The molecule has 1 unspecified atom stereocenters. The first-order chi connectivity index (χ1) is 14.4. The Morgan fingerprint density at radius 1 is 1.17 bits per heavy atom. The number of carboxylic acids is 1. The quantitative estimate of drug-likeness (QED) is 0.551. The van der Waals surface area contributed by atoms with Crippen LogP contribution in [0.15, 0.2) is 65.2 Å². The van der Waals surface area contributed by atoms with Gasteiger partial charge in [0.25, 0.3) is 0 Å². The molecule has 0 aliphatic rings. The van der Waals surface area contributed by atoms with Crippen molar-refractivity contribution in [2.75, 3.05) is 0 Å². The van der Waals surface area contributed by atoms with E-state index in [0.29, 0.717) is 18.1 Å². The minimum Gasteiger partial charge on any atom is -0.489 e. The van der Waals surface area contributed by atoms with Crippen molar-refractivity contribution in [2.45, 2.75) is 26.5 Å². The van der Waals surface area contributed by atoms with Crippen LogP contribution in [0.25, 0.3) is 17.3 Å². The van der Waals surface area contributed by atoms with Crippen LogP contribution in [0, 0.1) is 6.92 Å². The lowest BCUT2D eigenvalue weighted by molar-refractivity contribution is -0.140. The molecule has 1 atom stereocenters. The Kier molecular flexibility index (Phi) is 6.64. The number of nitrogens with one attached hydrogen (secondary N) is 1. The molecule has 0 spiro atoms. The van der Waals surface area contributed by atoms with E-state index in [0.717, 1.165) is 22.4 Å². The summed E-state index contributed by atoms with van der Waals surface area (Å²) in [5.41, 5.74) is 3.39. The minimum atomic E-state index is -1.09. The van der Waals surface area contributed by atoms with Gasteiger partial charge in [0, 0.05) is 11.6 Å². The van der Waals surface area contributed by atoms with Crippen LogP contribution in [-0.4, -0.2) is 28.2 Å². The first-order valence-corrected chi connectivity index (χ1v) is 9.39. The average molecular weight is 406 g/mol. The van der Waals surface area contributed by atoms with Crippen molar-refractivity contribution in [2.24, 2.45) is 0 Å². The van der Waals surface area contributed by atoms with Gasteiger partial charge in [-0.1, -0.05) is 47.6 Å². The molecule has 0 aliphatic carbocycles. The Balaban J connectivity index is 1.61. The summed E-state index contributed by atoms with van der Waals surface area (Å²) in [6, 6.07) is 16.0. The van der Waals surface area contributed by atoms with E-state index in [9.17, 15) is 9.59 Å². The number of aliphatic carboxylic acids is 1. The van der Waals surface area contributed by atoms with Crippen LogP contribution in [0.2, 0.25) is 0 Å². The van der Waals surface area contributed by atoms with E-state index in [2.05, 4.69) is 10.5 Å². The third-order valence-corrected chi connectivity index (χ3v) is 4.45. The maximum Gasteiger partial charge on any atom is 0.325 e. The van der Waals surface area contributed by atoms with Crippen molar-refractivity contribution < 1.29 is 24.0 Å². The highest BCUT2D eigenvalue weighted by Crippen LogP contribution is 2.26. The molecule has 154 valence electrons. The highest BCUT2D eigenvalue weighted by molar-refractivity contribution is 5.94. The van der Waals surface area contributed by atoms with Crippen molar-refractivity contribution in [1.29, 1.82) is 0 Å². The largest absolute Gasteiger partial charge is 0.489 e. The topological polar surface area (TPSA) is 102 Å². The van der Waals surface area contributed by atoms with Crippen LogP contribution in [0.4, 0.5) is 0 Å². The number of ether oxygens (including phenoxy) is 1. The van der Waals surface area contributed by atoms with Crippen LogP contribution < -0.4 is 10.1 Å². The van der Waals surface area contributed by atoms with Crippen molar-refractivity contribution in [3.8, 4) is 17.0 Å². The average Bonchev–Trinajstić information content (AvgIpc) is 3.12. The number of carbonyl (C=O) groups is 2. The van der Waals surface area contributed by atoms with Crippen LogP contribution in [-0.2, 0) is 16.2 Å². The molecular formula is C23H22N2O5. The lowest BCUT2D eigenvalue weighted by Crippen LogP contribution is -2.37. The third-order valence-electron chi connectivity index (χ3n) is 4.45. The van der Waals surface area contributed by atoms with Crippen LogP contribution in [0.3, 0.4) is 0 Å². The van der Waals surface area contributed by atoms with Gasteiger partial charge in [0.1, 0.15) is 29.9 Å². The second-order valence-electron chi connectivity index (χ2n) is 6.69. The maximum atomic E-state index is 11.7. The Morgan fingerprint density at radius 3 is 2.53 bits per heavy atom. The highest BCUT2D eigenvalue weighted by atomic mass is 16.5. The van der Waals surface area contributed by atoms with E-state index in [1.54, 1.807) is 30.3 Å². The molecule has 0 bridgehead atoms. The number of benzene rings is 2. The highest BCUT2D eigenvalue weighted by Gasteiger charge is 2.15. The first-order valence-electron chi connectivity index (χ1n) is 9.39. The molecule has 0 fully saturated rings. The Morgan fingerprint density at radius 2 is 1.87 bits per heavy atom. The molecule has 2 N–H and O–H groups in total. The lowest BCUT2D eigenvalue weighted by atomic mass is 10.1. The van der Waals surface area contributed by atoms with Gasteiger partial charge >= 0.3 is 5.97 Å². The summed E-state index contributed by atoms with van der Waals surface area (Å²) in [5.74, 6) is -0.191. The van der Waals surface area contributed by atoms with E-state index in [1.807, 2.05) is 37.3 Å². The Labute approximate surface area is 174 Å².